The maximum absolute atomic E-state index is 13.2. The van der Waals surface area contributed by atoms with Gasteiger partial charge in [0.2, 0.25) is 0 Å². The number of piperazine rings is 1. The van der Waals surface area contributed by atoms with Crippen molar-refractivity contribution in [3.8, 4) is 11.1 Å². The molecule has 6 heteroatoms. The number of nitrogens with zero attached hydrogens (tertiary/aromatic N) is 3. The van der Waals surface area contributed by atoms with Gasteiger partial charge in [-0.15, -0.1) is 0 Å². The number of carboxylic acids is 1. The molecule has 0 saturated carbocycles. The number of carbonyl (C=O) groups is 2. The van der Waals surface area contributed by atoms with Crippen LogP contribution in [0, 0.1) is 6.92 Å². The first kappa shape index (κ1) is 17.1. The Morgan fingerprint density at radius 2 is 1.88 bits per heavy atom. The maximum Gasteiger partial charge on any atom is 0.322 e. The second kappa shape index (κ2) is 7.03. The highest BCUT2D eigenvalue weighted by Crippen LogP contribution is 2.27. The zero-order valence-corrected chi connectivity index (χ0v) is 14.3. The van der Waals surface area contributed by atoms with Gasteiger partial charge in [0.25, 0.3) is 5.91 Å². The summed E-state index contributed by atoms with van der Waals surface area (Å²) in [5, 5.41) is 9.37. The first-order valence-electron chi connectivity index (χ1n) is 8.22. The van der Waals surface area contributed by atoms with E-state index in [0.717, 1.165) is 11.1 Å². The van der Waals surface area contributed by atoms with E-state index in [1.807, 2.05) is 43.3 Å². The van der Waals surface area contributed by atoms with Gasteiger partial charge in [-0.2, -0.15) is 0 Å². The first-order chi connectivity index (χ1) is 12.0. The molecule has 1 aliphatic rings. The van der Waals surface area contributed by atoms with Crippen LogP contribution in [0.15, 0.2) is 42.6 Å². The largest absolute Gasteiger partial charge is 0.480 e. The Bertz CT molecular complexity index is 792. The number of aryl methyl sites for hydroxylation is 1. The van der Waals surface area contributed by atoms with Crippen molar-refractivity contribution in [2.75, 3.05) is 26.7 Å². The van der Waals surface area contributed by atoms with Gasteiger partial charge in [0.05, 0.1) is 11.3 Å². The SMILES string of the molecule is Cc1nccc(-c2ccccc2)c1C(=O)N1CCN(C)[C@H](C(=O)O)C1. The number of amides is 1. The minimum atomic E-state index is -0.911. The molecule has 2 aromatic rings. The van der Waals surface area contributed by atoms with Crippen LogP contribution in [-0.2, 0) is 4.79 Å². The maximum atomic E-state index is 13.2. The minimum absolute atomic E-state index is 0.163. The van der Waals surface area contributed by atoms with Gasteiger partial charge in [0, 0.05) is 25.8 Å². The van der Waals surface area contributed by atoms with E-state index >= 15 is 0 Å². The average Bonchev–Trinajstić information content (AvgIpc) is 2.62. The summed E-state index contributed by atoms with van der Waals surface area (Å²) in [6.07, 6.45) is 1.69. The topological polar surface area (TPSA) is 73.7 Å². The fourth-order valence-corrected chi connectivity index (χ4v) is 3.18. The van der Waals surface area contributed by atoms with E-state index in [1.165, 1.54) is 0 Å². The Morgan fingerprint density at radius 3 is 2.56 bits per heavy atom. The monoisotopic (exact) mass is 339 g/mol. The van der Waals surface area contributed by atoms with Crippen molar-refractivity contribution in [3.05, 3.63) is 53.9 Å². The molecule has 25 heavy (non-hydrogen) atoms. The number of carboxylic acid groups (broad SMARTS) is 1. The second-order valence-corrected chi connectivity index (χ2v) is 6.27. The lowest BCUT2D eigenvalue weighted by molar-refractivity contribution is -0.144. The average molecular weight is 339 g/mol. The molecular formula is C19H21N3O3. The van der Waals surface area contributed by atoms with Crippen LogP contribution in [0.5, 0.6) is 0 Å². The molecule has 1 aromatic carbocycles. The van der Waals surface area contributed by atoms with Gasteiger partial charge in [-0.25, -0.2) is 0 Å². The van der Waals surface area contributed by atoms with E-state index in [-0.39, 0.29) is 12.5 Å². The number of pyridine rings is 1. The van der Waals surface area contributed by atoms with Crippen LogP contribution in [0.1, 0.15) is 16.1 Å². The van der Waals surface area contributed by atoms with Gasteiger partial charge < -0.3 is 10.0 Å². The summed E-state index contributed by atoms with van der Waals surface area (Å²) in [6.45, 7) is 3.02. The normalized spacial score (nSPS) is 18.2. The number of likely N-dealkylation sites (N-methyl/N-ethyl adjacent to an activating group) is 1. The lowest BCUT2D eigenvalue weighted by atomic mass is 9.98. The Hall–Kier alpha value is -2.73. The number of rotatable bonds is 3. The summed E-state index contributed by atoms with van der Waals surface area (Å²) in [6, 6.07) is 10.8. The van der Waals surface area contributed by atoms with Crippen LogP contribution in [-0.4, -0.2) is 64.5 Å². The molecule has 0 unspecified atom stereocenters. The summed E-state index contributed by atoms with van der Waals surface area (Å²) in [7, 11) is 1.77. The zero-order chi connectivity index (χ0) is 18.0. The van der Waals surface area contributed by atoms with Crippen molar-refractivity contribution in [1.82, 2.24) is 14.8 Å². The third-order valence-corrected chi connectivity index (χ3v) is 4.66. The Morgan fingerprint density at radius 1 is 1.16 bits per heavy atom. The predicted octanol–water partition coefficient (Wildman–Crippen LogP) is 1.90. The fraction of sp³-hybridized carbons (Fsp3) is 0.316. The van der Waals surface area contributed by atoms with Crippen LogP contribution in [0.3, 0.4) is 0 Å². The molecule has 1 fully saturated rings. The lowest BCUT2D eigenvalue weighted by Crippen LogP contribution is -2.56. The Labute approximate surface area is 146 Å². The van der Waals surface area contributed by atoms with Gasteiger partial charge in [-0.05, 0) is 31.2 Å². The standard InChI is InChI=1S/C19H21N3O3/c1-13-17(15(8-9-20-13)14-6-4-3-5-7-14)18(23)22-11-10-21(2)16(12-22)19(24)25/h3-9,16H,10-12H2,1-2H3,(H,24,25)/t16-/m0/s1. The molecule has 2 heterocycles. The van der Waals surface area contributed by atoms with Crippen LogP contribution >= 0.6 is 0 Å². The number of aliphatic carboxylic acids is 1. The Balaban J connectivity index is 1.96. The van der Waals surface area contributed by atoms with Gasteiger partial charge in [0.1, 0.15) is 6.04 Å². The summed E-state index contributed by atoms with van der Waals surface area (Å²) in [4.78, 5) is 32.3. The summed E-state index contributed by atoms with van der Waals surface area (Å²) in [5.74, 6) is -1.07. The quantitative estimate of drug-likeness (QED) is 0.924. The number of hydrogen-bond donors (Lipinski definition) is 1. The fourth-order valence-electron chi connectivity index (χ4n) is 3.18. The number of benzene rings is 1. The molecule has 0 bridgehead atoms. The summed E-state index contributed by atoms with van der Waals surface area (Å²) < 4.78 is 0. The zero-order valence-electron chi connectivity index (χ0n) is 14.3. The van der Waals surface area contributed by atoms with Gasteiger partial charge >= 0.3 is 5.97 Å². The molecule has 1 amide bonds. The number of aromatic nitrogens is 1. The van der Waals surface area contributed by atoms with Gasteiger partial charge in [-0.1, -0.05) is 30.3 Å². The molecule has 0 aliphatic carbocycles. The van der Waals surface area contributed by atoms with Crippen molar-refractivity contribution in [3.63, 3.8) is 0 Å². The van der Waals surface area contributed by atoms with Crippen molar-refractivity contribution in [1.29, 1.82) is 0 Å². The summed E-state index contributed by atoms with van der Waals surface area (Å²) in [5.41, 5.74) is 2.96. The highest BCUT2D eigenvalue weighted by molar-refractivity contribution is 6.02. The molecule has 1 saturated heterocycles. The van der Waals surface area contributed by atoms with E-state index in [9.17, 15) is 14.7 Å². The van der Waals surface area contributed by atoms with Crippen LogP contribution in [0.2, 0.25) is 0 Å². The van der Waals surface area contributed by atoms with Crippen molar-refractivity contribution in [2.24, 2.45) is 0 Å². The third kappa shape index (κ3) is 3.39. The molecule has 130 valence electrons. The Kier molecular flexibility index (Phi) is 4.81. The minimum Gasteiger partial charge on any atom is -0.480 e. The van der Waals surface area contributed by atoms with E-state index < -0.39 is 12.0 Å². The van der Waals surface area contributed by atoms with Gasteiger partial charge in [-0.3, -0.25) is 19.5 Å². The molecule has 1 atom stereocenters. The molecule has 1 aromatic heterocycles. The van der Waals surface area contributed by atoms with E-state index in [1.54, 1.807) is 23.0 Å². The van der Waals surface area contributed by atoms with Crippen LogP contribution < -0.4 is 0 Å². The van der Waals surface area contributed by atoms with Crippen molar-refractivity contribution in [2.45, 2.75) is 13.0 Å². The highest BCUT2D eigenvalue weighted by atomic mass is 16.4. The first-order valence-corrected chi connectivity index (χ1v) is 8.22. The highest BCUT2D eigenvalue weighted by Gasteiger charge is 2.33. The van der Waals surface area contributed by atoms with E-state index in [4.69, 9.17) is 0 Å². The molecule has 0 radical (unpaired) electrons. The molecule has 0 spiro atoms. The molecule has 1 N–H and O–H groups in total. The van der Waals surface area contributed by atoms with E-state index in [2.05, 4.69) is 4.98 Å². The lowest BCUT2D eigenvalue weighted by Gasteiger charge is -2.37. The predicted molar refractivity (Wildman–Crippen MR) is 94.4 cm³/mol. The molecule has 3 rings (SSSR count). The van der Waals surface area contributed by atoms with Crippen molar-refractivity contribution >= 4 is 11.9 Å². The van der Waals surface area contributed by atoms with Crippen molar-refractivity contribution < 1.29 is 14.7 Å². The van der Waals surface area contributed by atoms with Crippen LogP contribution in [0.4, 0.5) is 0 Å². The van der Waals surface area contributed by atoms with Gasteiger partial charge in [0.15, 0.2) is 0 Å². The molecule has 6 nitrogen and oxygen atoms in total. The molecular weight excluding hydrogens is 318 g/mol. The second-order valence-electron chi connectivity index (χ2n) is 6.27. The number of carbonyl (C=O) groups excluding carboxylic acids is 1. The number of hydrogen-bond acceptors (Lipinski definition) is 4. The smallest absolute Gasteiger partial charge is 0.322 e. The summed E-state index contributed by atoms with van der Waals surface area (Å²) >= 11 is 0. The van der Waals surface area contributed by atoms with E-state index in [0.29, 0.717) is 24.3 Å². The third-order valence-electron chi connectivity index (χ3n) is 4.66. The molecule has 1 aliphatic heterocycles. The van der Waals surface area contributed by atoms with Crippen LogP contribution in [0.25, 0.3) is 11.1 Å².